The average molecular weight is 513 g/mol. The summed E-state index contributed by atoms with van der Waals surface area (Å²) in [5.41, 5.74) is -4.45. The monoisotopic (exact) mass is 513 g/mol. The van der Waals surface area contributed by atoms with Crippen LogP contribution in [0.1, 0.15) is 28.8 Å². The zero-order chi connectivity index (χ0) is 25.5. The van der Waals surface area contributed by atoms with E-state index in [-0.39, 0.29) is 34.6 Å². The van der Waals surface area contributed by atoms with Gasteiger partial charge in [-0.2, -0.15) is 13.2 Å². The topological polar surface area (TPSA) is 79.8 Å². The molecule has 0 unspecified atom stereocenters. The van der Waals surface area contributed by atoms with Crippen molar-refractivity contribution in [1.29, 1.82) is 0 Å². The summed E-state index contributed by atoms with van der Waals surface area (Å²) in [5.74, 6) is -0.858. The Labute approximate surface area is 207 Å². The van der Waals surface area contributed by atoms with E-state index >= 15 is 0 Å². The average Bonchev–Trinajstić information content (AvgIpc) is 3.62. The summed E-state index contributed by atoms with van der Waals surface area (Å²) in [7, 11) is 0. The molecule has 1 saturated heterocycles. The number of halogens is 3. The molecule has 1 aliphatic heterocycles. The molecule has 5 rings (SSSR count). The van der Waals surface area contributed by atoms with Crippen molar-refractivity contribution in [3.63, 3.8) is 0 Å². The van der Waals surface area contributed by atoms with Gasteiger partial charge in [-0.3, -0.25) is 9.78 Å². The van der Waals surface area contributed by atoms with Crippen molar-refractivity contribution < 1.29 is 32.3 Å². The molecule has 3 aromatic rings. The number of esters is 1. The quantitative estimate of drug-likeness (QED) is 0.249. The lowest BCUT2D eigenvalue weighted by Crippen LogP contribution is -2.36. The summed E-state index contributed by atoms with van der Waals surface area (Å²) >= 11 is -0.273. The molecule has 0 atom stereocenters. The first-order valence-corrected chi connectivity index (χ1v) is 11.7. The molecule has 0 bridgehead atoms. The number of benzene rings is 2. The minimum atomic E-state index is -4.44. The molecule has 1 spiro atoms. The van der Waals surface area contributed by atoms with Crippen LogP contribution in [0.4, 0.5) is 23.7 Å². The number of imide groups is 1. The minimum Gasteiger partial charge on any atom is -0.421 e. The molecule has 2 aliphatic rings. The highest BCUT2D eigenvalue weighted by Crippen LogP contribution is 2.50. The normalized spacial score (nSPS) is 16.5. The van der Waals surface area contributed by atoms with Crippen LogP contribution in [0.2, 0.25) is 0 Å². The molecule has 184 valence electrons. The number of hydrogen-bond donors (Lipinski definition) is 0. The van der Waals surface area contributed by atoms with E-state index in [0.717, 1.165) is 4.90 Å². The Bertz CT molecular complexity index is 1330. The number of amides is 3. The standard InChI is InChI=1S/C25H18F3N3O4S/c26-25(27,28)36-19-8-6-18(7-9-19)31-22(33)24(11-12-24)30(23(31)34)15-17-10-13-29-14-20(17)35-21(32)16-4-2-1-3-5-16/h1-10,13-14H,11-12,15H2. The number of hydrogen-bond acceptors (Lipinski definition) is 6. The van der Waals surface area contributed by atoms with Gasteiger partial charge >= 0.3 is 17.5 Å². The van der Waals surface area contributed by atoms with E-state index in [1.54, 1.807) is 36.4 Å². The van der Waals surface area contributed by atoms with E-state index < -0.39 is 29.0 Å². The predicted octanol–water partition coefficient (Wildman–Crippen LogP) is 5.41. The van der Waals surface area contributed by atoms with Gasteiger partial charge < -0.3 is 9.64 Å². The number of aromatic nitrogens is 1. The molecule has 2 heterocycles. The highest BCUT2D eigenvalue weighted by molar-refractivity contribution is 8.00. The number of carbonyl (C=O) groups is 3. The van der Waals surface area contributed by atoms with Crippen LogP contribution in [-0.4, -0.2) is 38.8 Å². The third kappa shape index (κ3) is 4.53. The summed E-state index contributed by atoms with van der Waals surface area (Å²) in [6, 6.07) is 14.5. The van der Waals surface area contributed by atoms with Gasteiger partial charge in [-0.05, 0) is 67.1 Å². The molecule has 2 fully saturated rings. The second kappa shape index (κ2) is 8.98. The number of ether oxygens (including phenoxy) is 1. The Morgan fingerprint density at radius 2 is 1.72 bits per heavy atom. The Morgan fingerprint density at radius 3 is 2.36 bits per heavy atom. The van der Waals surface area contributed by atoms with Crippen molar-refractivity contribution in [3.8, 4) is 5.75 Å². The van der Waals surface area contributed by atoms with Crippen molar-refractivity contribution in [2.24, 2.45) is 0 Å². The number of alkyl halides is 3. The Balaban J connectivity index is 1.38. The largest absolute Gasteiger partial charge is 0.446 e. The Hall–Kier alpha value is -3.86. The molecule has 36 heavy (non-hydrogen) atoms. The first kappa shape index (κ1) is 23.9. The highest BCUT2D eigenvalue weighted by Gasteiger charge is 2.65. The SMILES string of the molecule is O=C(Oc1cnccc1CN1C(=O)N(c2ccc(SC(F)(F)F)cc2)C(=O)C12CC2)c1ccccc1. The van der Waals surface area contributed by atoms with Gasteiger partial charge in [0.1, 0.15) is 5.54 Å². The van der Waals surface area contributed by atoms with Gasteiger partial charge in [0, 0.05) is 16.7 Å². The van der Waals surface area contributed by atoms with Gasteiger partial charge in [0.25, 0.3) is 5.91 Å². The van der Waals surface area contributed by atoms with Crippen molar-refractivity contribution >= 4 is 35.4 Å². The second-order valence-corrected chi connectivity index (χ2v) is 9.46. The molecule has 0 radical (unpaired) electrons. The van der Waals surface area contributed by atoms with E-state index in [0.29, 0.717) is 24.0 Å². The molecule has 2 aromatic carbocycles. The fourth-order valence-electron chi connectivity index (χ4n) is 4.09. The zero-order valence-corrected chi connectivity index (χ0v) is 19.4. The number of anilines is 1. The molecular formula is C25H18F3N3O4S. The number of pyridine rings is 1. The number of rotatable bonds is 6. The van der Waals surface area contributed by atoms with Crippen molar-refractivity contribution in [3.05, 3.63) is 84.2 Å². The third-order valence-electron chi connectivity index (χ3n) is 6.00. The van der Waals surface area contributed by atoms with Crippen molar-refractivity contribution in [1.82, 2.24) is 9.88 Å². The summed E-state index contributed by atoms with van der Waals surface area (Å²) in [5, 5.41) is 0. The van der Waals surface area contributed by atoms with Gasteiger partial charge in [0.15, 0.2) is 5.75 Å². The van der Waals surface area contributed by atoms with Gasteiger partial charge in [-0.25, -0.2) is 14.5 Å². The fraction of sp³-hybridized carbons (Fsp3) is 0.200. The molecule has 7 nitrogen and oxygen atoms in total. The smallest absolute Gasteiger partial charge is 0.421 e. The van der Waals surface area contributed by atoms with Gasteiger partial charge in [0.05, 0.1) is 24.0 Å². The van der Waals surface area contributed by atoms with Crippen LogP contribution in [0.15, 0.2) is 78.0 Å². The number of carbonyl (C=O) groups excluding carboxylic acids is 3. The number of urea groups is 1. The minimum absolute atomic E-state index is 0.0109. The predicted molar refractivity (Wildman–Crippen MR) is 124 cm³/mol. The summed E-state index contributed by atoms with van der Waals surface area (Å²) < 4.78 is 43.5. The molecule has 0 N–H and O–H groups in total. The lowest BCUT2D eigenvalue weighted by Gasteiger charge is -2.22. The second-order valence-electron chi connectivity index (χ2n) is 8.32. The van der Waals surface area contributed by atoms with Gasteiger partial charge in [-0.1, -0.05) is 18.2 Å². The molecule has 1 aliphatic carbocycles. The van der Waals surface area contributed by atoms with E-state index in [1.165, 1.54) is 41.6 Å². The van der Waals surface area contributed by atoms with Crippen molar-refractivity contribution in [2.45, 2.75) is 35.3 Å². The van der Waals surface area contributed by atoms with Crippen LogP contribution in [0.3, 0.4) is 0 Å². The molecule has 11 heteroatoms. The zero-order valence-electron chi connectivity index (χ0n) is 18.6. The Kier molecular flexibility index (Phi) is 5.95. The summed E-state index contributed by atoms with van der Waals surface area (Å²) in [4.78, 5) is 45.5. The van der Waals surface area contributed by atoms with Gasteiger partial charge in [-0.15, -0.1) is 0 Å². The van der Waals surface area contributed by atoms with Crippen LogP contribution in [0, 0.1) is 0 Å². The van der Waals surface area contributed by atoms with Crippen molar-refractivity contribution in [2.75, 3.05) is 4.90 Å². The molecule has 3 amide bonds. The van der Waals surface area contributed by atoms with Crippen LogP contribution >= 0.6 is 11.8 Å². The van der Waals surface area contributed by atoms with Crippen LogP contribution in [0.5, 0.6) is 5.75 Å². The lowest BCUT2D eigenvalue weighted by atomic mass is 10.1. The first-order valence-electron chi connectivity index (χ1n) is 10.9. The van der Waals surface area contributed by atoms with E-state index in [2.05, 4.69) is 4.98 Å². The third-order valence-corrected chi connectivity index (χ3v) is 6.74. The van der Waals surface area contributed by atoms with E-state index in [1.807, 2.05) is 0 Å². The highest BCUT2D eigenvalue weighted by atomic mass is 32.2. The van der Waals surface area contributed by atoms with E-state index in [4.69, 9.17) is 4.74 Å². The van der Waals surface area contributed by atoms with Crippen LogP contribution in [0.25, 0.3) is 0 Å². The summed E-state index contributed by atoms with van der Waals surface area (Å²) in [6.07, 6.45) is 3.78. The molecule has 1 saturated carbocycles. The molecule has 1 aromatic heterocycles. The molecular weight excluding hydrogens is 495 g/mol. The van der Waals surface area contributed by atoms with E-state index in [9.17, 15) is 27.6 Å². The fourth-order valence-corrected chi connectivity index (χ4v) is 4.63. The maximum absolute atomic E-state index is 13.4. The Morgan fingerprint density at radius 1 is 1.03 bits per heavy atom. The van der Waals surface area contributed by atoms with Crippen LogP contribution < -0.4 is 9.64 Å². The first-order chi connectivity index (χ1) is 17.2. The van der Waals surface area contributed by atoms with Crippen LogP contribution in [-0.2, 0) is 11.3 Å². The van der Waals surface area contributed by atoms with Gasteiger partial charge in [0.2, 0.25) is 0 Å². The maximum Gasteiger partial charge on any atom is 0.446 e. The number of nitrogens with zero attached hydrogens (tertiary/aromatic N) is 3. The lowest BCUT2D eigenvalue weighted by molar-refractivity contribution is -0.120. The summed E-state index contributed by atoms with van der Waals surface area (Å²) in [6.45, 7) is -0.0109. The number of thioether (sulfide) groups is 1. The maximum atomic E-state index is 13.4.